The zero-order valence-electron chi connectivity index (χ0n) is 5.01. The van der Waals surface area contributed by atoms with Crippen molar-refractivity contribution in [2.24, 2.45) is 5.73 Å². The molecule has 0 aromatic carbocycles. The zero-order chi connectivity index (χ0) is 7.44. The Morgan fingerprint density at radius 1 is 1.78 bits per heavy atom. The highest BCUT2D eigenvalue weighted by Gasteiger charge is 2.00. The van der Waals surface area contributed by atoms with Crippen LogP contribution in [-0.2, 0) is 4.79 Å². The number of carboxylic acids is 1. The molecule has 0 rings (SSSR count). The summed E-state index contributed by atoms with van der Waals surface area (Å²) in [4.78, 5) is 9.91. The van der Waals surface area contributed by atoms with Crippen LogP contribution in [0.5, 0.6) is 0 Å². The van der Waals surface area contributed by atoms with Gasteiger partial charge in [-0.15, -0.1) is 0 Å². The molecule has 0 aromatic rings. The highest BCUT2D eigenvalue weighted by atomic mass is 16.4. The molecule has 0 aliphatic carbocycles. The van der Waals surface area contributed by atoms with E-state index in [0.717, 1.165) is 6.08 Å². The minimum absolute atomic E-state index is 0.322. The maximum Gasteiger partial charge on any atom is 0.353 e. The first-order chi connectivity index (χ1) is 4.04. The molecule has 0 aliphatic heterocycles. The second-order valence-corrected chi connectivity index (χ2v) is 1.61. The Hall–Kier alpha value is -1.32. The Labute approximate surface area is 52.5 Å². The second-order valence-electron chi connectivity index (χ2n) is 1.61. The summed E-state index contributed by atoms with van der Waals surface area (Å²) in [6.45, 7) is 1.53. The molecule has 4 N–H and O–H groups in total. The lowest BCUT2D eigenvalue weighted by atomic mass is 10.3. The van der Waals surface area contributed by atoms with E-state index in [1.54, 1.807) is 0 Å². The summed E-state index contributed by atoms with van der Waals surface area (Å²) in [5.41, 5.74) is 4.92. The Balaban J connectivity index is 4.09. The lowest BCUT2D eigenvalue weighted by Crippen LogP contribution is -2.09. The third-order valence-corrected chi connectivity index (χ3v) is 0.602. The van der Waals surface area contributed by atoms with Crippen molar-refractivity contribution in [3.63, 3.8) is 0 Å². The maximum absolute atomic E-state index is 9.91. The number of allylic oxidation sites excluding steroid dienone is 1. The molecule has 0 saturated heterocycles. The summed E-state index contributed by atoms with van der Waals surface area (Å²) in [6.07, 6.45) is 1.09. The topological polar surface area (TPSA) is 87.2 Å². The van der Waals surface area contributed by atoms with Gasteiger partial charge in [-0.2, -0.15) is 0 Å². The van der Waals surface area contributed by atoms with Crippen LogP contribution in [0, 0.1) is 5.41 Å². The van der Waals surface area contributed by atoms with Crippen molar-refractivity contribution in [1.82, 2.24) is 0 Å². The fourth-order valence-electron chi connectivity index (χ4n) is 0.289. The monoisotopic (exact) mass is 128 g/mol. The molecule has 0 bridgehead atoms. The van der Waals surface area contributed by atoms with E-state index in [2.05, 4.69) is 0 Å². The van der Waals surface area contributed by atoms with Gasteiger partial charge in [0.2, 0.25) is 0 Å². The Bertz CT molecular complexity index is 168. The number of carboxylic acid groups (broad SMARTS) is 1. The lowest BCUT2D eigenvalue weighted by Gasteiger charge is -1.88. The molecule has 0 saturated carbocycles. The summed E-state index contributed by atoms with van der Waals surface area (Å²) >= 11 is 0. The third kappa shape index (κ3) is 3.28. The van der Waals surface area contributed by atoms with Crippen molar-refractivity contribution in [2.75, 3.05) is 0 Å². The smallest absolute Gasteiger partial charge is 0.353 e. The SMILES string of the molecule is C/C(N)=C/C(=N)C(=O)O. The molecule has 0 amide bonds. The molecule has 0 spiro atoms. The van der Waals surface area contributed by atoms with Gasteiger partial charge in [0.15, 0.2) is 0 Å². The molecule has 0 heterocycles. The van der Waals surface area contributed by atoms with Gasteiger partial charge in [-0.1, -0.05) is 0 Å². The molecule has 0 aromatic heterocycles. The molecule has 50 valence electrons. The summed E-state index contributed by atoms with van der Waals surface area (Å²) in [7, 11) is 0. The van der Waals surface area contributed by atoms with Crippen molar-refractivity contribution in [3.8, 4) is 0 Å². The van der Waals surface area contributed by atoms with E-state index in [1.165, 1.54) is 6.92 Å². The van der Waals surface area contributed by atoms with Crippen molar-refractivity contribution in [2.45, 2.75) is 6.92 Å². The highest BCUT2D eigenvalue weighted by molar-refractivity contribution is 6.39. The first-order valence-electron chi connectivity index (χ1n) is 2.29. The van der Waals surface area contributed by atoms with Crippen LogP contribution in [0.15, 0.2) is 11.8 Å². The van der Waals surface area contributed by atoms with Crippen LogP contribution in [-0.4, -0.2) is 16.8 Å². The zero-order valence-corrected chi connectivity index (χ0v) is 5.01. The van der Waals surface area contributed by atoms with Crippen LogP contribution in [0.2, 0.25) is 0 Å². The lowest BCUT2D eigenvalue weighted by molar-refractivity contribution is -0.129. The van der Waals surface area contributed by atoms with Crippen molar-refractivity contribution < 1.29 is 9.90 Å². The van der Waals surface area contributed by atoms with Crippen LogP contribution in [0.1, 0.15) is 6.92 Å². The van der Waals surface area contributed by atoms with Crippen LogP contribution in [0.3, 0.4) is 0 Å². The molecule has 9 heavy (non-hydrogen) atoms. The first-order valence-corrected chi connectivity index (χ1v) is 2.29. The van der Waals surface area contributed by atoms with Gasteiger partial charge in [-0.05, 0) is 13.0 Å². The van der Waals surface area contributed by atoms with Gasteiger partial charge in [0.25, 0.3) is 0 Å². The largest absolute Gasteiger partial charge is 0.477 e. The Morgan fingerprint density at radius 3 is 2.33 bits per heavy atom. The van der Waals surface area contributed by atoms with E-state index in [9.17, 15) is 4.79 Å². The van der Waals surface area contributed by atoms with E-state index >= 15 is 0 Å². The molecule has 0 atom stereocenters. The summed E-state index contributed by atoms with van der Waals surface area (Å²) in [5, 5.41) is 14.8. The summed E-state index contributed by atoms with van der Waals surface area (Å²) in [6, 6.07) is 0. The van der Waals surface area contributed by atoms with Crippen LogP contribution in [0.25, 0.3) is 0 Å². The minimum Gasteiger partial charge on any atom is -0.477 e. The van der Waals surface area contributed by atoms with Gasteiger partial charge < -0.3 is 10.8 Å². The molecule has 4 nitrogen and oxygen atoms in total. The minimum atomic E-state index is -1.26. The van der Waals surface area contributed by atoms with Crippen molar-refractivity contribution in [3.05, 3.63) is 11.8 Å². The van der Waals surface area contributed by atoms with E-state index in [-0.39, 0.29) is 0 Å². The van der Waals surface area contributed by atoms with Crippen LogP contribution in [0.4, 0.5) is 0 Å². The predicted molar refractivity (Wildman–Crippen MR) is 33.3 cm³/mol. The maximum atomic E-state index is 9.91. The molecule has 4 heteroatoms. The number of hydrogen-bond acceptors (Lipinski definition) is 3. The highest BCUT2D eigenvalue weighted by Crippen LogP contribution is 1.81. The fraction of sp³-hybridized carbons (Fsp3) is 0.200. The normalized spacial score (nSPS) is 11.0. The number of carbonyl (C=O) groups is 1. The van der Waals surface area contributed by atoms with E-state index in [0.29, 0.717) is 5.70 Å². The number of nitrogens with one attached hydrogen (secondary N) is 1. The van der Waals surface area contributed by atoms with E-state index in [4.69, 9.17) is 16.2 Å². The average Bonchev–Trinajstić information content (AvgIpc) is 1.63. The number of aliphatic carboxylic acids is 1. The molecule has 0 radical (unpaired) electrons. The van der Waals surface area contributed by atoms with Gasteiger partial charge in [0.05, 0.1) is 0 Å². The molecule has 0 fully saturated rings. The van der Waals surface area contributed by atoms with Gasteiger partial charge >= 0.3 is 5.97 Å². The standard InChI is InChI=1S/C5H8N2O2/c1-3(6)2-4(7)5(8)9/h2,7H,6H2,1H3,(H,8,9)/b3-2-,7-4?. The summed E-state index contributed by atoms with van der Waals surface area (Å²) < 4.78 is 0. The molecule has 0 aliphatic rings. The molecule has 0 unspecified atom stereocenters. The molecular weight excluding hydrogens is 120 g/mol. The third-order valence-electron chi connectivity index (χ3n) is 0.602. The number of hydrogen-bond donors (Lipinski definition) is 3. The summed E-state index contributed by atoms with van der Waals surface area (Å²) in [5.74, 6) is -1.26. The van der Waals surface area contributed by atoms with Gasteiger partial charge in [-0.3, -0.25) is 5.41 Å². The first kappa shape index (κ1) is 7.68. The predicted octanol–water partition coefficient (Wildman–Crippen LogP) is -0.0467. The average molecular weight is 128 g/mol. The Morgan fingerprint density at radius 2 is 2.22 bits per heavy atom. The van der Waals surface area contributed by atoms with E-state index in [1.807, 2.05) is 0 Å². The van der Waals surface area contributed by atoms with Crippen LogP contribution >= 0.6 is 0 Å². The Kier molecular flexibility index (Phi) is 2.44. The van der Waals surface area contributed by atoms with Crippen molar-refractivity contribution >= 4 is 11.7 Å². The number of nitrogens with two attached hydrogens (primary N) is 1. The van der Waals surface area contributed by atoms with E-state index < -0.39 is 11.7 Å². The van der Waals surface area contributed by atoms with Gasteiger partial charge in [-0.25, -0.2) is 4.79 Å². The molecular formula is C5H8N2O2. The number of rotatable bonds is 2. The van der Waals surface area contributed by atoms with Crippen molar-refractivity contribution in [1.29, 1.82) is 5.41 Å². The quantitative estimate of drug-likeness (QED) is 0.456. The van der Waals surface area contributed by atoms with Gasteiger partial charge in [0.1, 0.15) is 5.71 Å². The second kappa shape index (κ2) is 2.86. The van der Waals surface area contributed by atoms with Gasteiger partial charge in [0, 0.05) is 5.70 Å². The van der Waals surface area contributed by atoms with Crippen LogP contribution < -0.4 is 5.73 Å². The fourth-order valence-corrected chi connectivity index (χ4v) is 0.289.